The molecule has 0 amide bonds. The maximum Gasteiger partial charge on any atom is 0.0991 e. The SMILES string of the molecule is C.C.C.CC(C)c1cccc(C#N)c1.CSc1ccc(CNC(C)C)cc1.[Y]. The number of hydrogen-bond donors (Lipinski definition) is 1. The molecular weight excluding hydrogens is 437 g/mol. The monoisotopic (exact) mass is 477 g/mol. The van der Waals surface area contributed by atoms with Gasteiger partial charge in [0.05, 0.1) is 11.6 Å². The maximum atomic E-state index is 8.59. The molecule has 0 aliphatic heterocycles. The molecular formula is C24H40N2SY. The average molecular weight is 478 g/mol. The third kappa shape index (κ3) is 14.4. The van der Waals surface area contributed by atoms with E-state index in [1.165, 1.54) is 16.0 Å². The minimum absolute atomic E-state index is 0. The van der Waals surface area contributed by atoms with Crippen molar-refractivity contribution < 1.29 is 32.7 Å². The number of thioether (sulfide) groups is 1. The van der Waals surface area contributed by atoms with Gasteiger partial charge in [-0.1, -0.05) is 74.2 Å². The number of benzene rings is 2. The van der Waals surface area contributed by atoms with Crippen molar-refractivity contribution in [2.75, 3.05) is 6.26 Å². The summed E-state index contributed by atoms with van der Waals surface area (Å²) < 4.78 is 0. The number of nitrogens with zero attached hydrogens (tertiary/aromatic N) is 1. The van der Waals surface area contributed by atoms with Crippen molar-refractivity contribution >= 4 is 11.8 Å². The Morgan fingerprint density at radius 2 is 1.54 bits per heavy atom. The molecule has 0 atom stereocenters. The fraction of sp³-hybridized carbons (Fsp3) is 0.458. The second-order valence-electron chi connectivity index (χ2n) is 6.28. The van der Waals surface area contributed by atoms with Crippen LogP contribution >= 0.6 is 11.8 Å². The van der Waals surface area contributed by atoms with Gasteiger partial charge < -0.3 is 5.32 Å². The summed E-state index contributed by atoms with van der Waals surface area (Å²) in [4.78, 5) is 1.33. The predicted octanol–water partition coefficient (Wildman–Crippen LogP) is 7.49. The molecule has 0 heterocycles. The van der Waals surface area contributed by atoms with Crippen LogP contribution in [0, 0.1) is 11.3 Å². The van der Waals surface area contributed by atoms with Crippen LogP contribution in [0.4, 0.5) is 0 Å². The van der Waals surface area contributed by atoms with Gasteiger partial charge >= 0.3 is 0 Å². The van der Waals surface area contributed by atoms with E-state index in [1.54, 1.807) is 11.8 Å². The molecule has 0 aromatic heterocycles. The molecule has 28 heavy (non-hydrogen) atoms. The van der Waals surface area contributed by atoms with E-state index >= 15 is 0 Å². The molecule has 0 aliphatic rings. The summed E-state index contributed by atoms with van der Waals surface area (Å²) in [6, 6.07) is 19.1. The molecule has 1 radical (unpaired) electrons. The number of rotatable bonds is 5. The Balaban J connectivity index is -0.000000182. The Hall–Kier alpha value is -0.656. The van der Waals surface area contributed by atoms with Gasteiger partial charge in [0, 0.05) is 50.2 Å². The van der Waals surface area contributed by atoms with Gasteiger partial charge in [-0.05, 0) is 47.6 Å². The molecule has 0 saturated heterocycles. The van der Waals surface area contributed by atoms with Gasteiger partial charge in [0.1, 0.15) is 0 Å². The quantitative estimate of drug-likeness (QED) is 0.453. The summed E-state index contributed by atoms with van der Waals surface area (Å²) in [5.74, 6) is 0.503. The topological polar surface area (TPSA) is 35.8 Å². The van der Waals surface area contributed by atoms with Crippen LogP contribution in [-0.2, 0) is 39.3 Å². The van der Waals surface area contributed by atoms with Crippen LogP contribution < -0.4 is 5.32 Å². The Morgan fingerprint density at radius 3 is 1.96 bits per heavy atom. The number of nitriles is 1. The van der Waals surface area contributed by atoms with Gasteiger partial charge in [0.15, 0.2) is 0 Å². The van der Waals surface area contributed by atoms with Crippen molar-refractivity contribution in [2.24, 2.45) is 0 Å². The summed E-state index contributed by atoms with van der Waals surface area (Å²) >= 11 is 1.78. The first-order valence-electron chi connectivity index (χ1n) is 8.32. The average Bonchev–Trinajstić information content (AvgIpc) is 2.61. The Morgan fingerprint density at radius 1 is 0.964 bits per heavy atom. The molecule has 0 spiro atoms. The first-order chi connectivity index (χ1) is 11.5. The molecule has 2 rings (SSSR count). The van der Waals surface area contributed by atoms with Crippen LogP contribution in [0.5, 0.6) is 0 Å². The van der Waals surface area contributed by atoms with Gasteiger partial charge in [-0.15, -0.1) is 11.8 Å². The van der Waals surface area contributed by atoms with Gasteiger partial charge in [0.25, 0.3) is 0 Å². The molecule has 0 fully saturated rings. The van der Waals surface area contributed by atoms with Gasteiger partial charge in [-0.2, -0.15) is 5.26 Å². The molecule has 155 valence electrons. The fourth-order valence-electron chi connectivity index (χ4n) is 2.03. The van der Waals surface area contributed by atoms with Crippen LogP contribution in [0.15, 0.2) is 53.4 Å². The summed E-state index contributed by atoms with van der Waals surface area (Å²) in [6.45, 7) is 9.53. The summed E-state index contributed by atoms with van der Waals surface area (Å²) in [6.07, 6.45) is 2.10. The first kappa shape index (κ1) is 34.8. The standard InChI is InChI=1S/C11H17NS.C10H11N.3CH4.Y/c1-9(2)12-8-10-4-6-11(13-3)7-5-10;1-8(2)10-5-3-4-9(6-10)7-11;;;;/h4-7,9,12H,8H2,1-3H3;3-6,8H,1-2H3;3*1H4;. The normalized spacial score (nSPS) is 8.79. The van der Waals surface area contributed by atoms with E-state index in [-0.39, 0.29) is 55.0 Å². The van der Waals surface area contributed by atoms with E-state index in [2.05, 4.69) is 69.6 Å². The smallest absolute Gasteiger partial charge is 0.0991 e. The molecule has 0 saturated carbocycles. The summed E-state index contributed by atoms with van der Waals surface area (Å²) in [5.41, 5.74) is 3.33. The first-order valence-corrected chi connectivity index (χ1v) is 9.55. The Bertz CT molecular complexity index is 646. The minimum Gasteiger partial charge on any atom is -0.310 e. The summed E-state index contributed by atoms with van der Waals surface area (Å²) in [5, 5.41) is 12.0. The van der Waals surface area contributed by atoms with Gasteiger partial charge in [-0.3, -0.25) is 0 Å². The second-order valence-corrected chi connectivity index (χ2v) is 7.16. The van der Waals surface area contributed by atoms with Crippen LogP contribution in [0.25, 0.3) is 0 Å². The van der Waals surface area contributed by atoms with E-state index in [9.17, 15) is 0 Å². The van der Waals surface area contributed by atoms with Crippen LogP contribution in [0.1, 0.15) is 72.6 Å². The van der Waals surface area contributed by atoms with Crippen LogP contribution in [0.3, 0.4) is 0 Å². The van der Waals surface area contributed by atoms with E-state index in [0.717, 1.165) is 12.1 Å². The van der Waals surface area contributed by atoms with Crippen LogP contribution in [-0.4, -0.2) is 12.3 Å². The molecule has 0 unspecified atom stereocenters. The molecule has 2 nitrogen and oxygen atoms in total. The molecule has 4 heteroatoms. The third-order valence-electron chi connectivity index (χ3n) is 3.56. The Labute approximate surface area is 204 Å². The summed E-state index contributed by atoms with van der Waals surface area (Å²) in [7, 11) is 0. The van der Waals surface area contributed by atoms with Gasteiger partial charge in [-0.25, -0.2) is 0 Å². The zero-order valence-electron chi connectivity index (χ0n) is 15.9. The zero-order valence-corrected chi connectivity index (χ0v) is 19.6. The van der Waals surface area contributed by atoms with Crippen molar-refractivity contribution in [1.29, 1.82) is 5.26 Å². The van der Waals surface area contributed by atoms with Gasteiger partial charge in [0.2, 0.25) is 0 Å². The van der Waals surface area contributed by atoms with Crippen molar-refractivity contribution in [3.8, 4) is 6.07 Å². The predicted molar refractivity (Wildman–Crippen MR) is 126 cm³/mol. The van der Waals surface area contributed by atoms with E-state index < -0.39 is 0 Å². The maximum absolute atomic E-state index is 8.59. The Kier molecular flexibility index (Phi) is 24.4. The third-order valence-corrected chi connectivity index (χ3v) is 4.30. The molecule has 2 aromatic carbocycles. The molecule has 2 aromatic rings. The molecule has 0 bridgehead atoms. The van der Waals surface area contributed by atoms with Crippen molar-refractivity contribution in [3.63, 3.8) is 0 Å². The number of nitrogens with one attached hydrogen (secondary N) is 1. The fourth-order valence-corrected chi connectivity index (χ4v) is 2.44. The number of hydrogen-bond acceptors (Lipinski definition) is 3. The van der Waals surface area contributed by atoms with E-state index in [4.69, 9.17) is 5.26 Å². The minimum atomic E-state index is 0. The van der Waals surface area contributed by atoms with E-state index in [0.29, 0.717) is 12.0 Å². The largest absolute Gasteiger partial charge is 0.310 e. The molecule has 0 aliphatic carbocycles. The molecule has 1 N–H and O–H groups in total. The van der Waals surface area contributed by atoms with Crippen LogP contribution in [0.2, 0.25) is 0 Å². The second kappa shape index (κ2) is 19.7. The van der Waals surface area contributed by atoms with Crippen molar-refractivity contribution in [1.82, 2.24) is 5.32 Å². The van der Waals surface area contributed by atoms with Crippen molar-refractivity contribution in [3.05, 3.63) is 65.2 Å². The van der Waals surface area contributed by atoms with Crippen molar-refractivity contribution in [2.45, 2.75) is 73.4 Å². The van der Waals surface area contributed by atoms with E-state index in [1.807, 2.05) is 24.3 Å². The zero-order chi connectivity index (χ0) is 17.9.